The number of piperidine rings is 2. The fourth-order valence-electron chi connectivity index (χ4n) is 4.82. The van der Waals surface area contributed by atoms with Crippen LogP contribution in [0.25, 0.3) is 22.6 Å². The summed E-state index contributed by atoms with van der Waals surface area (Å²) >= 11 is 0. The number of alkyl halides is 1. The molecule has 2 N–H and O–H groups in total. The molecule has 3 aromatic heterocycles. The lowest BCUT2D eigenvalue weighted by Gasteiger charge is -2.49. The molecule has 4 atom stereocenters. The summed E-state index contributed by atoms with van der Waals surface area (Å²) in [5.41, 5.74) is 0.967. The second kappa shape index (κ2) is 7.49. The highest BCUT2D eigenvalue weighted by Gasteiger charge is 2.47. The summed E-state index contributed by atoms with van der Waals surface area (Å²) in [4.78, 5) is 24.0. The fourth-order valence-corrected chi connectivity index (χ4v) is 4.82. The van der Waals surface area contributed by atoms with Crippen molar-refractivity contribution in [3.63, 3.8) is 0 Å². The highest BCUT2D eigenvalue weighted by atomic mass is 19.1. The van der Waals surface area contributed by atoms with E-state index in [1.807, 2.05) is 0 Å². The number of nitrogens with zero attached hydrogens (tertiary/aromatic N) is 5. The average molecular weight is 421 g/mol. The van der Waals surface area contributed by atoms with E-state index in [9.17, 15) is 4.79 Å². The van der Waals surface area contributed by atoms with E-state index in [0.717, 1.165) is 19.3 Å². The third kappa shape index (κ3) is 3.59. The Morgan fingerprint density at radius 1 is 1.39 bits per heavy atom. The van der Waals surface area contributed by atoms with E-state index in [2.05, 4.69) is 44.0 Å². The van der Waals surface area contributed by atoms with E-state index in [-0.39, 0.29) is 22.9 Å². The standard InChI is InChI=1S/C22H24FN7O/c1-13(14-9-22(2)5-3-4-16(27-22)20(14)23)21-26-11-17(28-29-21)15-10-25-19(8-18(15)31)30-7-6-24-12-30/h6-8,10-12,14,16,20,27H,1,3-5,9H2,2H3,(H,25,31)/t14-,16-,20-,22+/m0/s1. The maximum Gasteiger partial charge on any atom is 0.193 e. The Bertz CT molecular complexity index is 1160. The topological polar surface area (TPSA) is 101 Å². The molecule has 0 amide bonds. The van der Waals surface area contributed by atoms with Crippen LogP contribution in [-0.2, 0) is 0 Å². The Morgan fingerprint density at radius 2 is 2.26 bits per heavy atom. The van der Waals surface area contributed by atoms with Crippen molar-refractivity contribution in [2.24, 2.45) is 5.92 Å². The number of H-pyrrole nitrogens is 1. The Labute approximate surface area is 178 Å². The SMILES string of the molecule is C=C(c1ncc(-c2c[nH]c(-n3ccnc3)cc2=O)nn1)[C@@H]1C[C@@]2(C)CCC[C@H](N2)[C@H]1F. The van der Waals surface area contributed by atoms with E-state index in [1.54, 1.807) is 29.5 Å². The van der Waals surface area contributed by atoms with Gasteiger partial charge in [0.15, 0.2) is 11.3 Å². The van der Waals surface area contributed by atoms with E-state index < -0.39 is 6.17 Å². The quantitative estimate of drug-likeness (QED) is 0.672. The molecule has 0 spiro atoms. The number of imidazole rings is 1. The highest BCUT2D eigenvalue weighted by molar-refractivity contribution is 5.62. The van der Waals surface area contributed by atoms with Crippen LogP contribution in [0.3, 0.4) is 0 Å². The second-order valence-corrected chi connectivity index (χ2v) is 8.72. The van der Waals surface area contributed by atoms with E-state index in [1.165, 1.54) is 12.3 Å². The van der Waals surface area contributed by atoms with Crippen LogP contribution in [0.2, 0.25) is 0 Å². The Kier molecular flexibility index (Phi) is 4.77. The number of aromatic amines is 1. The van der Waals surface area contributed by atoms with E-state index >= 15 is 4.39 Å². The molecule has 2 aliphatic rings. The number of nitrogens with one attached hydrogen (secondary N) is 2. The number of aromatic nitrogens is 6. The number of hydrogen-bond acceptors (Lipinski definition) is 6. The van der Waals surface area contributed by atoms with Gasteiger partial charge in [-0.15, -0.1) is 10.2 Å². The predicted molar refractivity (Wildman–Crippen MR) is 114 cm³/mol. The van der Waals surface area contributed by atoms with Crippen molar-refractivity contribution in [3.05, 3.63) is 59.8 Å². The summed E-state index contributed by atoms with van der Waals surface area (Å²) in [5, 5.41) is 11.8. The predicted octanol–water partition coefficient (Wildman–Crippen LogP) is 2.68. The van der Waals surface area contributed by atoms with Gasteiger partial charge in [0.05, 0.1) is 11.8 Å². The Hall–Kier alpha value is -3.20. The Balaban J connectivity index is 1.38. The van der Waals surface area contributed by atoms with Crippen LogP contribution in [0.15, 0.2) is 48.6 Å². The largest absolute Gasteiger partial charge is 0.347 e. The van der Waals surface area contributed by atoms with E-state index in [4.69, 9.17) is 0 Å². The first-order chi connectivity index (χ1) is 14.9. The van der Waals surface area contributed by atoms with Gasteiger partial charge in [-0.1, -0.05) is 6.58 Å². The molecule has 0 aliphatic carbocycles. The summed E-state index contributed by atoms with van der Waals surface area (Å²) in [7, 11) is 0. The lowest BCUT2D eigenvalue weighted by molar-refractivity contribution is 0.0524. The summed E-state index contributed by atoms with van der Waals surface area (Å²) in [5.74, 6) is 0.574. The Morgan fingerprint density at radius 3 is 2.97 bits per heavy atom. The molecule has 0 radical (unpaired) electrons. The molecule has 2 aliphatic heterocycles. The van der Waals surface area contributed by atoms with E-state index in [0.29, 0.717) is 34.9 Å². The number of hydrogen-bond donors (Lipinski definition) is 2. The molecule has 5 heterocycles. The third-order valence-electron chi connectivity index (χ3n) is 6.47. The van der Waals surface area contributed by atoms with Crippen molar-refractivity contribution in [1.29, 1.82) is 0 Å². The van der Waals surface area contributed by atoms with Crippen LogP contribution in [0, 0.1) is 5.92 Å². The van der Waals surface area contributed by atoms with Crippen molar-refractivity contribution >= 4 is 5.57 Å². The van der Waals surface area contributed by atoms with Gasteiger partial charge in [-0.25, -0.2) is 14.4 Å². The smallest absolute Gasteiger partial charge is 0.193 e. The molecule has 0 unspecified atom stereocenters. The van der Waals surface area contributed by atoms with Crippen LogP contribution >= 0.6 is 0 Å². The van der Waals surface area contributed by atoms with Gasteiger partial charge in [-0.2, -0.15) is 0 Å². The molecular formula is C22H24FN7O. The summed E-state index contributed by atoms with van der Waals surface area (Å²) in [6.45, 7) is 6.25. The lowest BCUT2D eigenvalue weighted by atomic mass is 9.69. The first-order valence-corrected chi connectivity index (χ1v) is 10.5. The van der Waals surface area contributed by atoms with Gasteiger partial charge in [-0.05, 0) is 38.2 Å². The van der Waals surface area contributed by atoms with Gasteiger partial charge in [0, 0.05) is 42.2 Å². The van der Waals surface area contributed by atoms with Crippen molar-refractivity contribution < 1.29 is 4.39 Å². The number of allylic oxidation sites excluding steroid dienone is 1. The zero-order valence-electron chi connectivity index (χ0n) is 17.3. The van der Waals surface area contributed by atoms with Gasteiger partial charge in [-0.3, -0.25) is 9.36 Å². The minimum absolute atomic E-state index is 0.0865. The van der Waals surface area contributed by atoms with Crippen LogP contribution in [-0.4, -0.2) is 47.5 Å². The summed E-state index contributed by atoms with van der Waals surface area (Å²) < 4.78 is 16.8. The van der Waals surface area contributed by atoms with Gasteiger partial charge in [0.1, 0.15) is 24.0 Å². The molecule has 8 nitrogen and oxygen atoms in total. The van der Waals surface area contributed by atoms with Gasteiger partial charge in [0.25, 0.3) is 0 Å². The molecule has 0 aromatic carbocycles. The number of halogens is 1. The molecule has 31 heavy (non-hydrogen) atoms. The summed E-state index contributed by atoms with van der Waals surface area (Å²) in [6.07, 6.45) is 10.6. The number of fused-ring (bicyclic) bond motifs is 2. The van der Waals surface area contributed by atoms with Gasteiger partial charge in [0.2, 0.25) is 0 Å². The first kappa shape index (κ1) is 19.7. The highest BCUT2D eigenvalue weighted by Crippen LogP contribution is 2.42. The first-order valence-electron chi connectivity index (χ1n) is 10.5. The second-order valence-electron chi connectivity index (χ2n) is 8.72. The lowest BCUT2D eigenvalue weighted by Crippen LogP contribution is -2.62. The van der Waals surface area contributed by atoms with Crippen molar-refractivity contribution in [2.75, 3.05) is 0 Å². The van der Waals surface area contributed by atoms with Crippen molar-refractivity contribution in [2.45, 2.75) is 50.4 Å². The monoisotopic (exact) mass is 421 g/mol. The van der Waals surface area contributed by atoms with Crippen LogP contribution in [0.1, 0.15) is 38.4 Å². The summed E-state index contributed by atoms with van der Waals surface area (Å²) in [6, 6.07) is 1.31. The molecule has 2 fully saturated rings. The minimum Gasteiger partial charge on any atom is -0.347 e. The number of rotatable bonds is 4. The molecule has 0 saturated carbocycles. The maximum atomic E-state index is 15.1. The zero-order valence-corrected chi connectivity index (χ0v) is 17.3. The van der Waals surface area contributed by atoms with Crippen LogP contribution in [0.4, 0.5) is 4.39 Å². The van der Waals surface area contributed by atoms with Crippen molar-refractivity contribution in [1.82, 2.24) is 35.0 Å². The van der Waals surface area contributed by atoms with Crippen LogP contribution < -0.4 is 10.7 Å². The zero-order chi connectivity index (χ0) is 21.6. The maximum absolute atomic E-state index is 15.1. The number of pyridine rings is 1. The molecule has 2 saturated heterocycles. The fraction of sp³-hybridized carbons (Fsp3) is 0.409. The average Bonchev–Trinajstić information content (AvgIpc) is 3.31. The molecule has 2 bridgehead atoms. The van der Waals surface area contributed by atoms with Gasteiger partial charge < -0.3 is 10.3 Å². The molecular weight excluding hydrogens is 397 g/mol. The molecule has 3 aromatic rings. The molecule has 5 rings (SSSR count). The molecule has 9 heteroatoms. The van der Waals surface area contributed by atoms with Crippen LogP contribution in [0.5, 0.6) is 0 Å². The normalized spacial score (nSPS) is 27.7. The van der Waals surface area contributed by atoms with Crippen molar-refractivity contribution in [3.8, 4) is 17.1 Å². The minimum atomic E-state index is -1.03. The molecule has 160 valence electrons. The van der Waals surface area contributed by atoms with Gasteiger partial charge >= 0.3 is 0 Å². The third-order valence-corrected chi connectivity index (χ3v) is 6.47.